The summed E-state index contributed by atoms with van der Waals surface area (Å²) in [6.07, 6.45) is 4.95. The first-order valence-electron chi connectivity index (χ1n) is 4.51. The Morgan fingerprint density at radius 2 is 1.91 bits per heavy atom. The van der Waals surface area contributed by atoms with Crippen LogP contribution in [0.2, 0.25) is 0 Å². The molecule has 11 heavy (non-hydrogen) atoms. The van der Waals surface area contributed by atoms with Gasteiger partial charge in [-0.1, -0.05) is 13.8 Å². The van der Waals surface area contributed by atoms with Crippen LogP contribution in [0.4, 0.5) is 0 Å². The van der Waals surface area contributed by atoms with Crippen molar-refractivity contribution in [3.05, 3.63) is 0 Å². The summed E-state index contributed by atoms with van der Waals surface area (Å²) in [5, 5.41) is 8.78. The van der Waals surface area contributed by atoms with Gasteiger partial charge in [-0.25, -0.2) is 0 Å². The number of rotatable bonds is 2. The quantitative estimate of drug-likeness (QED) is 0.592. The van der Waals surface area contributed by atoms with Gasteiger partial charge in [0.1, 0.15) is 0 Å². The molecule has 3 saturated carbocycles. The Balaban J connectivity index is 1.91. The molecular weight excluding hydrogens is 134 g/mol. The fraction of sp³-hybridized carbons (Fsp3) is 0.900. The van der Waals surface area contributed by atoms with Crippen molar-refractivity contribution in [1.29, 1.82) is 5.26 Å². The molecule has 0 amide bonds. The van der Waals surface area contributed by atoms with Crippen LogP contribution in [0.15, 0.2) is 0 Å². The van der Waals surface area contributed by atoms with E-state index in [0.717, 1.165) is 5.92 Å². The molecule has 3 fully saturated rings. The Hall–Kier alpha value is -0.510. The van der Waals surface area contributed by atoms with E-state index in [2.05, 4.69) is 19.9 Å². The van der Waals surface area contributed by atoms with Crippen LogP contribution in [0.1, 0.15) is 39.5 Å². The van der Waals surface area contributed by atoms with Crippen molar-refractivity contribution in [2.24, 2.45) is 16.7 Å². The van der Waals surface area contributed by atoms with Crippen LogP contribution in [0, 0.1) is 28.1 Å². The van der Waals surface area contributed by atoms with E-state index >= 15 is 0 Å². The van der Waals surface area contributed by atoms with E-state index in [1.165, 1.54) is 25.7 Å². The van der Waals surface area contributed by atoms with Crippen molar-refractivity contribution in [3.8, 4) is 6.07 Å². The zero-order valence-corrected chi connectivity index (χ0v) is 7.35. The first-order valence-corrected chi connectivity index (χ1v) is 4.51. The molecule has 3 aliphatic rings. The molecule has 0 heterocycles. The highest BCUT2D eigenvalue weighted by Crippen LogP contribution is 2.75. The predicted molar refractivity (Wildman–Crippen MR) is 43.8 cm³/mol. The van der Waals surface area contributed by atoms with E-state index < -0.39 is 0 Å². The van der Waals surface area contributed by atoms with Crippen LogP contribution < -0.4 is 0 Å². The molecule has 0 N–H and O–H groups in total. The molecule has 0 aromatic rings. The lowest BCUT2D eigenvalue weighted by atomic mass is 9.34. The Morgan fingerprint density at radius 3 is 2.27 bits per heavy atom. The zero-order valence-electron chi connectivity index (χ0n) is 7.35. The summed E-state index contributed by atoms with van der Waals surface area (Å²) in [4.78, 5) is 0. The maximum atomic E-state index is 8.78. The van der Waals surface area contributed by atoms with Gasteiger partial charge in [0.05, 0.1) is 11.5 Å². The van der Waals surface area contributed by atoms with Gasteiger partial charge >= 0.3 is 0 Å². The van der Waals surface area contributed by atoms with Crippen LogP contribution in [-0.2, 0) is 0 Å². The van der Waals surface area contributed by atoms with Gasteiger partial charge in [0.15, 0.2) is 0 Å². The summed E-state index contributed by atoms with van der Waals surface area (Å²) in [6.45, 7) is 4.55. The molecule has 0 atom stereocenters. The van der Waals surface area contributed by atoms with Gasteiger partial charge in [-0.05, 0) is 37.0 Å². The van der Waals surface area contributed by atoms with Gasteiger partial charge in [0.25, 0.3) is 0 Å². The molecule has 0 unspecified atom stereocenters. The lowest BCUT2D eigenvalue weighted by Gasteiger charge is -2.68. The maximum absolute atomic E-state index is 8.78. The van der Waals surface area contributed by atoms with Crippen molar-refractivity contribution in [1.82, 2.24) is 0 Å². The highest BCUT2D eigenvalue weighted by atomic mass is 14.7. The number of hydrogen-bond donors (Lipinski definition) is 0. The normalized spacial score (nSPS) is 46.0. The highest BCUT2D eigenvalue weighted by molar-refractivity contribution is 5.25. The average molecular weight is 149 g/mol. The summed E-state index contributed by atoms with van der Waals surface area (Å²) in [6, 6.07) is 2.44. The SMILES string of the molecule is CC(C)C[C@]12C[C@](C#N)(C1)C2. The second-order valence-corrected chi connectivity index (χ2v) is 5.02. The lowest BCUT2D eigenvalue weighted by molar-refractivity contribution is -0.173. The summed E-state index contributed by atoms with van der Waals surface area (Å²) in [7, 11) is 0. The van der Waals surface area contributed by atoms with E-state index in [1.54, 1.807) is 0 Å². The smallest absolute Gasteiger partial charge is 0.0690 e. The molecule has 3 rings (SSSR count). The molecule has 60 valence electrons. The average Bonchev–Trinajstić information content (AvgIpc) is 1.74. The number of hydrogen-bond acceptors (Lipinski definition) is 1. The molecule has 1 heteroatoms. The standard InChI is InChI=1S/C10H15N/c1-8(2)3-9-4-10(5-9,6-9)7-11/h8H,3-6H2,1-2H3/t9-,10-. The monoisotopic (exact) mass is 149 g/mol. The Labute approximate surface area is 68.4 Å². The third kappa shape index (κ3) is 0.819. The van der Waals surface area contributed by atoms with Crippen LogP contribution in [0.25, 0.3) is 0 Å². The molecule has 0 radical (unpaired) electrons. The van der Waals surface area contributed by atoms with Crippen molar-refractivity contribution < 1.29 is 0 Å². The minimum Gasteiger partial charge on any atom is -0.198 e. The topological polar surface area (TPSA) is 23.8 Å². The lowest BCUT2D eigenvalue weighted by Crippen LogP contribution is -2.61. The van der Waals surface area contributed by atoms with Gasteiger partial charge in [0, 0.05) is 0 Å². The molecule has 0 aromatic heterocycles. The van der Waals surface area contributed by atoms with Crippen molar-refractivity contribution in [3.63, 3.8) is 0 Å². The van der Waals surface area contributed by atoms with Crippen LogP contribution >= 0.6 is 0 Å². The van der Waals surface area contributed by atoms with Crippen molar-refractivity contribution >= 4 is 0 Å². The molecule has 3 aliphatic carbocycles. The van der Waals surface area contributed by atoms with Crippen molar-refractivity contribution in [2.45, 2.75) is 39.5 Å². The molecule has 0 aliphatic heterocycles. The molecule has 1 nitrogen and oxygen atoms in total. The largest absolute Gasteiger partial charge is 0.198 e. The minimum atomic E-state index is 0.162. The Morgan fingerprint density at radius 1 is 1.36 bits per heavy atom. The van der Waals surface area contributed by atoms with Gasteiger partial charge in [-0.2, -0.15) is 5.26 Å². The van der Waals surface area contributed by atoms with E-state index in [0.29, 0.717) is 5.41 Å². The maximum Gasteiger partial charge on any atom is 0.0690 e. The zero-order chi connectivity index (χ0) is 8.11. The second-order valence-electron chi connectivity index (χ2n) is 5.02. The van der Waals surface area contributed by atoms with Gasteiger partial charge < -0.3 is 0 Å². The first-order chi connectivity index (χ1) is 5.10. The van der Waals surface area contributed by atoms with Gasteiger partial charge in [0.2, 0.25) is 0 Å². The second kappa shape index (κ2) is 1.80. The van der Waals surface area contributed by atoms with Crippen LogP contribution in [0.5, 0.6) is 0 Å². The molecule has 0 saturated heterocycles. The summed E-state index contributed by atoms with van der Waals surface area (Å²) in [5.41, 5.74) is 0.790. The van der Waals surface area contributed by atoms with E-state index in [9.17, 15) is 0 Å². The molecule has 0 aromatic carbocycles. The Bertz CT molecular complexity index is 202. The van der Waals surface area contributed by atoms with Crippen LogP contribution in [0.3, 0.4) is 0 Å². The van der Waals surface area contributed by atoms with E-state index in [-0.39, 0.29) is 5.41 Å². The van der Waals surface area contributed by atoms with E-state index in [4.69, 9.17) is 5.26 Å². The fourth-order valence-corrected chi connectivity index (χ4v) is 3.20. The van der Waals surface area contributed by atoms with Crippen molar-refractivity contribution in [2.75, 3.05) is 0 Å². The van der Waals surface area contributed by atoms with Crippen LogP contribution in [-0.4, -0.2) is 0 Å². The van der Waals surface area contributed by atoms with Gasteiger partial charge in [-0.15, -0.1) is 0 Å². The summed E-state index contributed by atoms with van der Waals surface area (Å²) in [5.74, 6) is 0.812. The van der Waals surface area contributed by atoms with Gasteiger partial charge in [-0.3, -0.25) is 0 Å². The molecule has 2 bridgehead atoms. The van der Waals surface area contributed by atoms with E-state index in [1.807, 2.05) is 0 Å². The third-order valence-corrected chi connectivity index (χ3v) is 3.22. The number of nitrogens with zero attached hydrogens (tertiary/aromatic N) is 1. The Kier molecular flexibility index (Phi) is 1.17. The number of nitriles is 1. The summed E-state index contributed by atoms with van der Waals surface area (Å²) < 4.78 is 0. The fourth-order valence-electron chi connectivity index (χ4n) is 3.20. The summed E-state index contributed by atoms with van der Waals surface area (Å²) >= 11 is 0. The molecular formula is C10H15N. The predicted octanol–water partition coefficient (Wildman–Crippen LogP) is 2.73. The highest BCUT2D eigenvalue weighted by Gasteiger charge is 2.67. The molecule has 0 spiro atoms. The third-order valence-electron chi connectivity index (χ3n) is 3.22. The first kappa shape index (κ1) is 7.16. The minimum absolute atomic E-state index is 0.162.